The van der Waals surface area contributed by atoms with E-state index in [9.17, 15) is 14.7 Å². The first-order valence-electron chi connectivity index (χ1n) is 15.3. The smallest absolute Gasteiger partial charge is 0.412 e. The lowest BCUT2D eigenvalue weighted by Gasteiger charge is -2.41. The third-order valence-electron chi connectivity index (χ3n) is 9.17. The zero-order valence-electron chi connectivity index (χ0n) is 25.5. The number of aryl methyl sites for hydroxylation is 1. The lowest BCUT2D eigenvalue weighted by molar-refractivity contribution is -0.131. The van der Waals surface area contributed by atoms with Crippen LogP contribution in [-0.2, 0) is 4.79 Å². The number of ether oxygens (including phenoxy) is 1. The number of hydrogen-bond donors (Lipinski definition) is 1. The topological polar surface area (TPSA) is 104 Å². The summed E-state index contributed by atoms with van der Waals surface area (Å²) in [5.41, 5.74) is 4.12. The Hall–Kier alpha value is -3.66. The fourth-order valence-electron chi connectivity index (χ4n) is 6.91. The van der Waals surface area contributed by atoms with Crippen molar-refractivity contribution >= 4 is 23.2 Å². The highest BCUT2D eigenvalue weighted by molar-refractivity contribution is 5.90. The summed E-state index contributed by atoms with van der Waals surface area (Å²) in [7, 11) is 1.58. The number of nitrogens with zero attached hydrogens (tertiary/aromatic N) is 6. The number of hydrogen-bond acceptors (Lipinski definition) is 6. The molecular weight excluding hydrogens is 532 g/mol. The number of imidazole rings is 1. The Labute approximate surface area is 248 Å². The Morgan fingerprint density at radius 3 is 2.48 bits per heavy atom. The number of benzene rings is 1. The molecule has 226 valence electrons. The van der Waals surface area contributed by atoms with Crippen molar-refractivity contribution in [2.24, 2.45) is 0 Å². The first-order valence-corrected chi connectivity index (χ1v) is 15.3. The van der Waals surface area contributed by atoms with Gasteiger partial charge in [-0.2, -0.15) is 0 Å². The molecule has 5 rings (SSSR count). The van der Waals surface area contributed by atoms with Gasteiger partial charge in [0.25, 0.3) is 0 Å². The Morgan fingerprint density at radius 1 is 1.14 bits per heavy atom. The van der Waals surface area contributed by atoms with Gasteiger partial charge in [-0.25, -0.2) is 9.78 Å². The second kappa shape index (κ2) is 12.7. The highest BCUT2D eigenvalue weighted by Crippen LogP contribution is 2.40. The van der Waals surface area contributed by atoms with E-state index < -0.39 is 6.09 Å². The van der Waals surface area contributed by atoms with Gasteiger partial charge < -0.3 is 14.7 Å². The number of carboxylic acid groups (broad SMARTS) is 1. The Bertz CT molecular complexity index is 1420. The fourth-order valence-corrected chi connectivity index (χ4v) is 6.91. The van der Waals surface area contributed by atoms with Gasteiger partial charge in [-0.3, -0.25) is 24.0 Å². The van der Waals surface area contributed by atoms with E-state index in [1.165, 1.54) is 4.90 Å². The number of methoxy groups -OCH3 is 1. The summed E-state index contributed by atoms with van der Waals surface area (Å²) >= 11 is 0. The van der Waals surface area contributed by atoms with Crippen LogP contribution < -0.4 is 9.64 Å². The van der Waals surface area contributed by atoms with Crippen LogP contribution in [0.2, 0.25) is 0 Å². The van der Waals surface area contributed by atoms with Crippen molar-refractivity contribution in [2.75, 3.05) is 38.2 Å². The van der Waals surface area contributed by atoms with E-state index in [1.54, 1.807) is 14.0 Å². The lowest BCUT2D eigenvalue weighted by Crippen LogP contribution is -2.52. The first kappa shape index (κ1) is 29.8. The summed E-state index contributed by atoms with van der Waals surface area (Å²) in [6, 6.07) is 6.06. The van der Waals surface area contributed by atoms with Crippen LogP contribution in [0.3, 0.4) is 0 Å². The molecule has 1 saturated carbocycles. The molecule has 3 heterocycles. The molecule has 10 heteroatoms. The molecule has 0 bridgehead atoms. The number of anilines is 1. The second-order valence-corrected chi connectivity index (χ2v) is 11.8. The third kappa shape index (κ3) is 5.82. The van der Waals surface area contributed by atoms with Crippen molar-refractivity contribution in [3.05, 3.63) is 42.1 Å². The zero-order chi connectivity index (χ0) is 30.0. The van der Waals surface area contributed by atoms with Crippen LogP contribution in [0.4, 0.5) is 10.5 Å². The Balaban J connectivity index is 1.42. The molecule has 42 heavy (non-hydrogen) atoms. The number of aromatic nitrogens is 3. The molecule has 1 aromatic carbocycles. The van der Waals surface area contributed by atoms with Crippen molar-refractivity contribution in [1.29, 1.82) is 0 Å². The Kier molecular flexibility index (Phi) is 9.01. The third-order valence-corrected chi connectivity index (χ3v) is 9.17. The summed E-state index contributed by atoms with van der Waals surface area (Å²) in [6.07, 6.45) is 8.84. The van der Waals surface area contributed by atoms with Gasteiger partial charge in [0.2, 0.25) is 5.91 Å². The minimum atomic E-state index is -0.992. The van der Waals surface area contributed by atoms with Crippen LogP contribution in [0.5, 0.6) is 5.75 Å². The lowest BCUT2D eigenvalue weighted by atomic mass is 9.84. The van der Waals surface area contributed by atoms with Crippen LogP contribution in [0.15, 0.2) is 30.6 Å². The maximum atomic E-state index is 12.2. The molecule has 2 fully saturated rings. The van der Waals surface area contributed by atoms with E-state index in [0.29, 0.717) is 23.4 Å². The van der Waals surface area contributed by atoms with Crippen LogP contribution in [-0.4, -0.2) is 86.6 Å². The number of amides is 2. The average Bonchev–Trinajstić information content (AvgIpc) is 3.38. The summed E-state index contributed by atoms with van der Waals surface area (Å²) < 4.78 is 7.94. The molecule has 2 aromatic heterocycles. The van der Waals surface area contributed by atoms with Gasteiger partial charge in [0, 0.05) is 69.1 Å². The molecule has 3 aromatic rings. The van der Waals surface area contributed by atoms with E-state index in [1.807, 2.05) is 49.3 Å². The fraction of sp³-hybridized carbons (Fsp3) is 0.562. The second-order valence-electron chi connectivity index (χ2n) is 11.8. The molecule has 2 aliphatic rings. The summed E-state index contributed by atoms with van der Waals surface area (Å²) in [4.78, 5) is 39.7. The number of piperazine rings is 1. The molecule has 2 amide bonds. The highest BCUT2D eigenvalue weighted by atomic mass is 16.5. The first-order chi connectivity index (χ1) is 20.2. The predicted octanol–water partition coefficient (Wildman–Crippen LogP) is 5.58. The molecule has 1 aliphatic heterocycles. The molecule has 1 aliphatic carbocycles. The Morgan fingerprint density at radius 2 is 1.86 bits per heavy atom. The van der Waals surface area contributed by atoms with Gasteiger partial charge in [-0.15, -0.1) is 0 Å². The molecule has 1 N–H and O–H groups in total. The summed E-state index contributed by atoms with van der Waals surface area (Å²) in [5.74, 6) is 2.06. The number of rotatable bonds is 8. The standard InChI is InChI=1S/C32H44N6O4/c1-6-7-21(2)38(32(40)41)27-13-10-25(20-28(27)42-5)29-30-22(3)33-14-15-37(30)31(34-29)24-8-11-26(12-9-24)36-18-16-35(17-19-36)23(4)39/h10,13-15,20-21,24,26H,6-9,11-12,16-19H2,1-5H3,(H,40,41). The predicted molar refractivity (Wildman–Crippen MR) is 163 cm³/mol. The largest absolute Gasteiger partial charge is 0.495 e. The minimum Gasteiger partial charge on any atom is -0.495 e. The van der Waals surface area contributed by atoms with Crippen molar-refractivity contribution < 1.29 is 19.4 Å². The average molecular weight is 577 g/mol. The van der Waals surface area contributed by atoms with Crippen molar-refractivity contribution in [3.8, 4) is 17.0 Å². The van der Waals surface area contributed by atoms with E-state index in [2.05, 4.69) is 21.2 Å². The van der Waals surface area contributed by atoms with E-state index in [-0.39, 0.29) is 11.9 Å². The van der Waals surface area contributed by atoms with Gasteiger partial charge in [-0.1, -0.05) is 19.4 Å². The van der Waals surface area contributed by atoms with Crippen molar-refractivity contribution in [1.82, 2.24) is 24.2 Å². The molecule has 0 spiro atoms. The van der Waals surface area contributed by atoms with Crippen molar-refractivity contribution in [2.45, 2.75) is 84.2 Å². The normalized spacial score (nSPS) is 20.5. The SMILES string of the molecule is CCCC(C)N(C(=O)O)c1ccc(-c2nc(C3CCC(N4CCN(C(C)=O)CC4)CC3)n3ccnc(C)c23)cc1OC. The van der Waals surface area contributed by atoms with Gasteiger partial charge >= 0.3 is 6.09 Å². The summed E-state index contributed by atoms with van der Waals surface area (Å²) in [5, 5.41) is 10.0. The van der Waals surface area contributed by atoms with E-state index >= 15 is 0 Å². The van der Waals surface area contributed by atoms with Crippen LogP contribution in [0.25, 0.3) is 16.8 Å². The molecular formula is C32H44N6O4. The van der Waals surface area contributed by atoms with Crippen molar-refractivity contribution in [3.63, 3.8) is 0 Å². The quantitative estimate of drug-likeness (QED) is 0.374. The maximum Gasteiger partial charge on any atom is 0.412 e. The molecule has 1 atom stereocenters. The minimum absolute atomic E-state index is 0.169. The molecule has 1 unspecified atom stereocenters. The number of fused-ring (bicyclic) bond motifs is 1. The van der Waals surface area contributed by atoms with E-state index in [4.69, 9.17) is 9.72 Å². The van der Waals surface area contributed by atoms with Crippen LogP contribution >= 0.6 is 0 Å². The van der Waals surface area contributed by atoms with Crippen LogP contribution in [0, 0.1) is 6.92 Å². The maximum absolute atomic E-state index is 12.2. The number of carbonyl (C=O) groups is 2. The summed E-state index contributed by atoms with van der Waals surface area (Å²) in [6.45, 7) is 11.2. The van der Waals surface area contributed by atoms with E-state index in [0.717, 1.165) is 93.0 Å². The van der Waals surface area contributed by atoms with Gasteiger partial charge in [0.1, 0.15) is 11.6 Å². The zero-order valence-corrected chi connectivity index (χ0v) is 25.5. The molecule has 10 nitrogen and oxygen atoms in total. The van der Waals surface area contributed by atoms with Gasteiger partial charge in [-0.05, 0) is 58.1 Å². The monoisotopic (exact) mass is 576 g/mol. The molecule has 1 saturated heterocycles. The van der Waals surface area contributed by atoms with Gasteiger partial charge in [0.05, 0.1) is 29.7 Å². The number of carbonyl (C=O) groups excluding carboxylic acids is 1. The van der Waals surface area contributed by atoms with Crippen LogP contribution in [0.1, 0.15) is 76.7 Å². The molecule has 0 radical (unpaired) electrons. The van der Waals surface area contributed by atoms with Gasteiger partial charge in [0.15, 0.2) is 0 Å². The highest BCUT2D eigenvalue weighted by Gasteiger charge is 2.32.